The number of rotatable bonds is 4. The van der Waals surface area contributed by atoms with Crippen LogP contribution in [0.1, 0.15) is 48.7 Å². The molecule has 2 rings (SSSR count). The van der Waals surface area contributed by atoms with Crippen LogP contribution in [0.2, 0.25) is 0 Å². The Hall–Kier alpha value is -1.29. The quantitative estimate of drug-likeness (QED) is 0.836. The SMILES string of the molecule is COC(=O)c1coc(CNC2CCCC(C)C2)c1. The summed E-state index contributed by atoms with van der Waals surface area (Å²) < 4.78 is 9.98. The molecule has 0 bridgehead atoms. The molecule has 2 atom stereocenters. The van der Waals surface area contributed by atoms with Gasteiger partial charge in [-0.25, -0.2) is 4.79 Å². The summed E-state index contributed by atoms with van der Waals surface area (Å²) in [5.74, 6) is 1.24. The molecular formula is C14H21NO3. The second-order valence-electron chi connectivity index (χ2n) is 5.14. The number of hydrogen-bond donors (Lipinski definition) is 1. The van der Waals surface area contributed by atoms with E-state index >= 15 is 0 Å². The third-order valence-corrected chi connectivity index (χ3v) is 3.58. The summed E-state index contributed by atoms with van der Waals surface area (Å²) in [6.07, 6.45) is 6.54. The van der Waals surface area contributed by atoms with Gasteiger partial charge in [0, 0.05) is 6.04 Å². The summed E-state index contributed by atoms with van der Waals surface area (Å²) in [6.45, 7) is 2.98. The van der Waals surface area contributed by atoms with Crippen molar-refractivity contribution in [2.75, 3.05) is 7.11 Å². The first-order valence-corrected chi connectivity index (χ1v) is 6.58. The zero-order chi connectivity index (χ0) is 13.0. The van der Waals surface area contributed by atoms with Gasteiger partial charge in [0.1, 0.15) is 12.0 Å². The summed E-state index contributed by atoms with van der Waals surface area (Å²) in [4.78, 5) is 11.3. The van der Waals surface area contributed by atoms with Crippen LogP contribution in [-0.4, -0.2) is 19.1 Å². The minimum absolute atomic E-state index is 0.351. The molecule has 1 heterocycles. The second kappa shape index (κ2) is 6.05. The lowest BCUT2D eigenvalue weighted by molar-refractivity contribution is 0.0600. The summed E-state index contributed by atoms with van der Waals surface area (Å²) in [5, 5.41) is 3.49. The number of nitrogens with one attached hydrogen (secondary N) is 1. The first-order chi connectivity index (χ1) is 8.69. The summed E-state index contributed by atoms with van der Waals surface area (Å²) in [7, 11) is 1.37. The van der Waals surface area contributed by atoms with E-state index in [4.69, 9.17) is 4.42 Å². The molecule has 0 saturated heterocycles. The molecule has 0 amide bonds. The Morgan fingerprint density at radius 2 is 2.39 bits per heavy atom. The van der Waals surface area contributed by atoms with Gasteiger partial charge in [-0.15, -0.1) is 0 Å². The third kappa shape index (κ3) is 3.35. The monoisotopic (exact) mass is 251 g/mol. The predicted octanol–water partition coefficient (Wildman–Crippen LogP) is 2.73. The first kappa shape index (κ1) is 13.1. The van der Waals surface area contributed by atoms with Crippen molar-refractivity contribution in [2.24, 2.45) is 5.92 Å². The Bertz CT molecular complexity index is 399. The van der Waals surface area contributed by atoms with Crippen LogP contribution in [0.3, 0.4) is 0 Å². The molecule has 4 nitrogen and oxygen atoms in total. The van der Waals surface area contributed by atoms with Crippen LogP contribution in [-0.2, 0) is 11.3 Å². The Morgan fingerprint density at radius 1 is 1.56 bits per heavy atom. The molecule has 1 aliphatic rings. The number of furan rings is 1. The Kier molecular flexibility index (Phi) is 4.42. The van der Waals surface area contributed by atoms with E-state index in [1.54, 1.807) is 6.07 Å². The number of carbonyl (C=O) groups excluding carboxylic acids is 1. The van der Waals surface area contributed by atoms with Crippen molar-refractivity contribution in [1.29, 1.82) is 0 Å². The maximum Gasteiger partial charge on any atom is 0.341 e. The third-order valence-electron chi connectivity index (χ3n) is 3.58. The Morgan fingerprint density at radius 3 is 3.11 bits per heavy atom. The standard InChI is InChI=1S/C14H21NO3/c1-10-4-3-5-12(6-10)15-8-13-7-11(9-18-13)14(16)17-2/h7,9-10,12,15H,3-6,8H2,1-2H3. The summed E-state index contributed by atoms with van der Waals surface area (Å²) in [5.41, 5.74) is 0.478. The van der Waals surface area contributed by atoms with Crippen molar-refractivity contribution in [2.45, 2.75) is 45.2 Å². The zero-order valence-electron chi connectivity index (χ0n) is 11.1. The summed E-state index contributed by atoms with van der Waals surface area (Å²) >= 11 is 0. The largest absolute Gasteiger partial charge is 0.467 e. The van der Waals surface area contributed by atoms with E-state index in [9.17, 15) is 4.79 Å². The Balaban J connectivity index is 1.82. The van der Waals surface area contributed by atoms with E-state index in [1.165, 1.54) is 39.1 Å². The average molecular weight is 251 g/mol. The van der Waals surface area contributed by atoms with Crippen LogP contribution in [0.15, 0.2) is 16.7 Å². The highest BCUT2D eigenvalue weighted by molar-refractivity contribution is 5.88. The molecule has 0 spiro atoms. The van der Waals surface area contributed by atoms with E-state index in [-0.39, 0.29) is 5.97 Å². The second-order valence-corrected chi connectivity index (χ2v) is 5.14. The molecule has 4 heteroatoms. The minimum Gasteiger partial charge on any atom is -0.467 e. The summed E-state index contributed by atoms with van der Waals surface area (Å²) in [6, 6.07) is 2.31. The van der Waals surface area contributed by atoms with Gasteiger partial charge < -0.3 is 14.5 Å². The van der Waals surface area contributed by atoms with Crippen molar-refractivity contribution in [3.05, 3.63) is 23.7 Å². The predicted molar refractivity (Wildman–Crippen MR) is 68.3 cm³/mol. The van der Waals surface area contributed by atoms with Crippen LogP contribution in [0.25, 0.3) is 0 Å². The zero-order valence-corrected chi connectivity index (χ0v) is 11.1. The molecule has 2 unspecified atom stereocenters. The van der Waals surface area contributed by atoms with Gasteiger partial charge in [-0.3, -0.25) is 0 Å². The highest BCUT2D eigenvalue weighted by Crippen LogP contribution is 2.23. The molecule has 1 aromatic heterocycles. The van der Waals surface area contributed by atoms with Gasteiger partial charge in [-0.1, -0.05) is 19.8 Å². The van der Waals surface area contributed by atoms with Crippen molar-refractivity contribution in [3.63, 3.8) is 0 Å². The molecule has 0 aromatic carbocycles. The van der Waals surface area contributed by atoms with Crippen molar-refractivity contribution >= 4 is 5.97 Å². The number of esters is 1. The molecular weight excluding hydrogens is 230 g/mol. The normalized spacial score (nSPS) is 23.9. The van der Waals surface area contributed by atoms with Gasteiger partial charge in [0.2, 0.25) is 0 Å². The molecule has 18 heavy (non-hydrogen) atoms. The maximum atomic E-state index is 11.3. The van der Waals surface area contributed by atoms with Gasteiger partial charge in [-0.05, 0) is 24.8 Å². The van der Waals surface area contributed by atoms with Gasteiger partial charge >= 0.3 is 5.97 Å². The van der Waals surface area contributed by atoms with E-state index in [0.717, 1.165) is 11.7 Å². The lowest BCUT2D eigenvalue weighted by Crippen LogP contribution is -2.32. The Labute approximate surface area is 108 Å². The van der Waals surface area contributed by atoms with Crippen molar-refractivity contribution < 1.29 is 13.9 Å². The van der Waals surface area contributed by atoms with Gasteiger partial charge in [-0.2, -0.15) is 0 Å². The highest BCUT2D eigenvalue weighted by atomic mass is 16.5. The number of carbonyl (C=O) groups is 1. The van der Waals surface area contributed by atoms with Crippen LogP contribution in [0, 0.1) is 5.92 Å². The van der Waals surface area contributed by atoms with Gasteiger partial charge in [0.15, 0.2) is 0 Å². The fraction of sp³-hybridized carbons (Fsp3) is 0.643. The number of ether oxygens (including phenoxy) is 1. The average Bonchev–Trinajstić information content (AvgIpc) is 2.84. The number of hydrogen-bond acceptors (Lipinski definition) is 4. The first-order valence-electron chi connectivity index (χ1n) is 6.58. The van der Waals surface area contributed by atoms with E-state index in [0.29, 0.717) is 18.2 Å². The molecule has 1 N–H and O–H groups in total. The van der Waals surface area contributed by atoms with Crippen LogP contribution >= 0.6 is 0 Å². The van der Waals surface area contributed by atoms with E-state index in [1.807, 2.05) is 0 Å². The fourth-order valence-electron chi connectivity index (χ4n) is 2.56. The van der Waals surface area contributed by atoms with Crippen LogP contribution in [0.4, 0.5) is 0 Å². The molecule has 0 radical (unpaired) electrons. The van der Waals surface area contributed by atoms with Crippen molar-refractivity contribution in [3.8, 4) is 0 Å². The van der Waals surface area contributed by atoms with E-state index < -0.39 is 0 Å². The molecule has 0 aliphatic heterocycles. The van der Waals surface area contributed by atoms with Gasteiger partial charge in [0.25, 0.3) is 0 Å². The number of methoxy groups -OCH3 is 1. The lowest BCUT2D eigenvalue weighted by Gasteiger charge is -2.27. The molecule has 1 fully saturated rings. The van der Waals surface area contributed by atoms with Crippen LogP contribution in [0.5, 0.6) is 0 Å². The maximum absolute atomic E-state index is 11.3. The van der Waals surface area contributed by atoms with E-state index in [2.05, 4.69) is 17.0 Å². The fourth-order valence-corrected chi connectivity index (χ4v) is 2.56. The minimum atomic E-state index is -0.351. The van der Waals surface area contributed by atoms with Gasteiger partial charge in [0.05, 0.1) is 19.2 Å². The molecule has 100 valence electrons. The van der Waals surface area contributed by atoms with Crippen molar-refractivity contribution in [1.82, 2.24) is 5.32 Å². The lowest BCUT2D eigenvalue weighted by atomic mass is 9.87. The topological polar surface area (TPSA) is 51.5 Å². The molecule has 1 saturated carbocycles. The molecule has 1 aromatic rings. The smallest absolute Gasteiger partial charge is 0.341 e. The van der Waals surface area contributed by atoms with Crippen LogP contribution < -0.4 is 5.32 Å². The highest BCUT2D eigenvalue weighted by Gasteiger charge is 2.18. The molecule has 1 aliphatic carbocycles.